The molecule has 0 saturated heterocycles. The number of hydrogen-bond donors (Lipinski definition) is 2. The molecule has 0 spiro atoms. The number of rotatable bonds is 3. The highest BCUT2D eigenvalue weighted by Gasteiger charge is 2.28. The molecule has 144 valence electrons. The zero-order valence-corrected chi connectivity index (χ0v) is 16.0. The van der Waals surface area contributed by atoms with Crippen molar-refractivity contribution in [1.82, 2.24) is 29.6 Å². The number of hydrogen-bond acceptors (Lipinski definition) is 6. The van der Waals surface area contributed by atoms with Crippen molar-refractivity contribution in [2.75, 3.05) is 5.32 Å². The molecule has 3 heterocycles. The summed E-state index contributed by atoms with van der Waals surface area (Å²) in [4.78, 5) is 4.53. The zero-order chi connectivity index (χ0) is 19.3. The van der Waals surface area contributed by atoms with Crippen molar-refractivity contribution in [3.05, 3.63) is 36.7 Å². The Hall–Kier alpha value is -3.00. The number of aromatic nitrogens is 6. The van der Waals surface area contributed by atoms with Crippen molar-refractivity contribution in [3.8, 4) is 11.1 Å². The smallest absolute Gasteiger partial charge is 0.241 e. The van der Waals surface area contributed by atoms with Crippen LogP contribution in [-0.2, 0) is 7.05 Å². The van der Waals surface area contributed by atoms with Gasteiger partial charge < -0.3 is 10.4 Å². The first-order valence-electron chi connectivity index (χ1n) is 9.62. The molecule has 0 atom stereocenters. The van der Waals surface area contributed by atoms with Crippen LogP contribution in [0.5, 0.6) is 0 Å². The van der Waals surface area contributed by atoms with Gasteiger partial charge in [-0.3, -0.25) is 0 Å². The van der Waals surface area contributed by atoms with E-state index in [1.54, 1.807) is 4.68 Å². The van der Waals surface area contributed by atoms with Crippen LogP contribution < -0.4 is 5.32 Å². The lowest BCUT2D eigenvalue weighted by Crippen LogP contribution is -2.36. The summed E-state index contributed by atoms with van der Waals surface area (Å²) >= 11 is 0. The van der Waals surface area contributed by atoms with Gasteiger partial charge in [-0.25, -0.2) is 14.2 Å². The minimum absolute atomic E-state index is 0.299. The van der Waals surface area contributed by atoms with Crippen LogP contribution in [0.2, 0.25) is 0 Å². The van der Waals surface area contributed by atoms with Gasteiger partial charge >= 0.3 is 0 Å². The summed E-state index contributed by atoms with van der Waals surface area (Å²) in [6.07, 6.45) is 7.25. The van der Waals surface area contributed by atoms with E-state index in [1.165, 1.54) is 0 Å². The van der Waals surface area contributed by atoms with Gasteiger partial charge in [0.15, 0.2) is 0 Å². The van der Waals surface area contributed by atoms with Crippen molar-refractivity contribution in [2.45, 2.75) is 44.2 Å². The van der Waals surface area contributed by atoms with Crippen molar-refractivity contribution in [1.29, 1.82) is 0 Å². The molecule has 0 unspecified atom stereocenters. The van der Waals surface area contributed by atoms with Gasteiger partial charge in [-0.1, -0.05) is 11.3 Å². The molecule has 8 nitrogen and oxygen atoms in total. The number of fused-ring (bicyclic) bond motifs is 2. The molecule has 0 radical (unpaired) electrons. The van der Waals surface area contributed by atoms with Crippen molar-refractivity contribution < 1.29 is 5.11 Å². The van der Waals surface area contributed by atoms with E-state index >= 15 is 0 Å². The lowest BCUT2D eigenvalue weighted by atomic mass is 9.84. The summed E-state index contributed by atoms with van der Waals surface area (Å²) in [6.45, 7) is 1.91. The molecule has 1 aromatic carbocycles. The summed E-state index contributed by atoms with van der Waals surface area (Å²) in [5.41, 5.74) is 4.44. The Bertz CT molecular complexity index is 1150. The topological polar surface area (TPSA) is 93.2 Å². The fourth-order valence-corrected chi connectivity index (χ4v) is 3.98. The van der Waals surface area contributed by atoms with E-state index in [1.807, 2.05) is 43.0 Å². The van der Waals surface area contributed by atoms with Crippen LogP contribution in [-0.4, -0.2) is 46.3 Å². The number of nitrogens with zero attached hydrogens (tertiary/aromatic N) is 6. The minimum Gasteiger partial charge on any atom is -0.390 e. The largest absolute Gasteiger partial charge is 0.390 e. The molecule has 1 saturated carbocycles. The van der Waals surface area contributed by atoms with E-state index in [0.717, 1.165) is 53.4 Å². The van der Waals surface area contributed by atoms with Gasteiger partial charge in [0.05, 0.1) is 22.8 Å². The second-order valence-electron chi connectivity index (χ2n) is 7.97. The maximum atomic E-state index is 10.1. The SMILES string of the molecule is Cn1nnc2ccc(-c3ccn4nc(NC5CCC(C)(O)CC5)ncc34)cc21. The van der Waals surface area contributed by atoms with Crippen LogP contribution in [0.3, 0.4) is 0 Å². The number of aliphatic hydroxyl groups is 1. The first kappa shape index (κ1) is 17.1. The molecule has 3 aromatic heterocycles. The van der Waals surface area contributed by atoms with Crippen LogP contribution in [0, 0.1) is 0 Å². The maximum Gasteiger partial charge on any atom is 0.241 e. The molecule has 0 aliphatic heterocycles. The monoisotopic (exact) mass is 377 g/mol. The summed E-state index contributed by atoms with van der Waals surface area (Å²) in [5, 5.41) is 26.4. The van der Waals surface area contributed by atoms with Crippen molar-refractivity contribution in [3.63, 3.8) is 0 Å². The van der Waals surface area contributed by atoms with Gasteiger partial charge in [0.2, 0.25) is 5.95 Å². The highest BCUT2D eigenvalue weighted by atomic mass is 16.3. The summed E-state index contributed by atoms with van der Waals surface area (Å²) in [7, 11) is 1.89. The standard InChI is InChI=1S/C20H23N7O/c1-20(28)8-5-14(6-9-20)22-19-21-12-18-15(7-10-27(18)24-19)13-3-4-16-17(11-13)26(2)25-23-16/h3-4,7,10-12,14,28H,5-6,8-9H2,1-2H3,(H,22,24). The molecule has 2 N–H and O–H groups in total. The summed E-state index contributed by atoms with van der Waals surface area (Å²) in [6, 6.07) is 8.47. The summed E-state index contributed by atoms with van der Waals surface area (Å²) < 4.78 is 3.63. The fourth-order valence-electron chi connectivity index (χ4n) is 3.98. The van der Waals surface area contributed by atoms with Gasteiger partial charge in [0.1, 0.15) is 5.52 Å². The molecule has 0 amide bonds. The molecular weight excluding hydrogens is 354 g/mol. The van der Waals surface area contributed by atoms with Crippen LogP contribution in [0.15, 0.2) is 36.7 Å². The third-order valence-corrected chi connectivity index (χ3v) is 5.73. The predicted octanol–water partition coefficient (Wildman–Crippen LogP) is 2.78. The second kappa shape index (κ2) is 6.27. The molecule has 0 bridgehead atoms. The fraction of sp³-hybridized carbons (Fsp3) is 0.400. The molecule has 1 aliphatic carbocycles. The van der Waals surface area contributed by atoms with Gasteiger partial charge in [-0.05, 0) is 56.4 Å². The Morgan fingerprint density at radius 1 is 1.18 bits per heavy atom. The molecule has 1 aliphatic rings. The zero-order valence-electron chi connectivity index (χ0n) is 16.0. The van der Waals surface area contributed by atoms with Crippen molar-refractivity contribution >= 4 is 22.5 Å². The maximum absolute atomic E-state index is 10.1. The van der Waals surface area contributed by atoms with Crippen LogP contribution in [0.25, 0.3) is 27.7 Å². The molecule has 4 aromatic rings. The third kappa shape index (κ3) is 2.99. The lowest BCUT2D eigenvalue weighted by Gasteiger charge is -2.33. The molecule has 28 heavy (non-hydrogen) atoms. The van der Waals surface area contributed by atoms with Crippen LogP contribution in [0.4, 0.5) is 5.95 Å². The average Bonchev–Trinajstić information content (AvgIpc) is 3.27. The minimum atomic E-state index is -0.539. The quantitative estimate of drug-likeness (QED) is 0.570. The first-order valence-corrected chi connectivity index (χ1v) is 9.62. The van der Waals surface area contributed by atoms with Gasteiger partial charge in [0.25, 0.3) is 0 Å². The van der Waals surface area contributed by atoms with E-state index in [2.05, 4.69) is 37.8 Å². The number of anilines is 1. The van der Waals surface area contributed by atoms with Gasteiger partial charge in [-0.2, -0.15) is 0 Å². The highest BCUT2D eigenvalue weighted by Crippen LogP contribution is 2.30. The van der Waals surface area contributed by atoms with E-state index in [9.17, 15) is 5.11 Å². The molecular formula is C20H23N7O. The Labute approximate surface area is 162 Å². The highest BCUT2D eigenvalue weighted by molar-refractivity contribution is 5.87. The van der Waals surface area contributed by atoms with E-state index < -0.39 is 5.60 Å². The Morgan fingerprint density at radius 2 is 2.00 bits per heavy atom. The van der Waals surface area contributed by atoms with Crippen molar-refractivity contribution in [2.24, 2.45) is 7.05 Å². The predicted molar refractivity (Wildman–Crippen MR) is 107 cm³/mol. The molecule has 8 heteroatoms. The normalized spacial score (nSPS) is 22.8. The Balaban J connectivity index is 1.42. The summed E-state index contributed by atoms with van der Waals surface area (Å²) in [5.74, 6) is 0.618. The van der Waals surface area contributed by atoms with E-state index in [4.69, 9.17) is 0 Å². The van der Waals surface area contributed by atoms with Crippen LogP contribution >= 0.6 is 0 Å². The first-order chi connectivity index (χ1) is 13.5. The number of benzene rings is 1. The molecule has 5 rings (SSSR count). The Morgan fingerprint density at radius 3 is 2.82 bits per heavy atom. The molecule has 1 fully saturated rings. The number of aryl methyl sites for hydroxylation is 1. The average molecular weight is 377 g/mol. The second-order valence-corrected chi connectivity index (χ2v) is 7.97. The van der Waals surface area contributed by atoms with Gasteiger partial charge in [-0.15, -0.1) is 10.2 Å². The van der Waals surface area contributed by atoms with Crippen LogP contribution in [0.1, 0.15) is 32.6 Å². The lowest BCUT2D eigenvalue weighted by molar-refractivity contribution is 0.0195. The third-order valence-electron chi connectivity index (χ3n) is 5.73. The van der Waals surface area contributed by atoms with E-state index in [-0.39, 0.29) is 0 Å². The number of nitrogens with one attached hydrogen (secondary N) is 1. The van der Waals surface area contributed by atoms with E-state index in [0.29, 0.717) is 12.0 Å². The van der Waals surface area contributed by atoms with Gasteiger partial charge in [0, 0.05) is 24.8 Å². The Kier molecular flexibility index (Phi) is 3.83.